The maximum absolute atomic E-state index is 10.7. The van der Waals surface area contributed by atoms with Crippen LogP contribution in [0, 0.1) is 22.7 Å². The van der Waals surface area contributed by atoms with Crippen molar-refractivity contribution in [2.24, 2.45) is 28.2 Å². The predicted octanol–water partition coefficient (Wildman–Crippen LogP) is 10.8. The van der Waals surface area contributed by atoms with Crippen LogP contribution in [-0.2, 0) is 103 Å². The van der Waals surface area contributed by atoms with E-state index in [1.807, 2.05) is 159 Å². The SMILES string of the molecule is CC#N.CC#N.CO[C@@](c1ccccn1)(c1nccn1C)c1nc(-c2ccccc2)c(-c2ccccc2)n1C.CO[C@](c1ccccn1)(c1nccn1C)c1nc(-c2ccccc2)c(-c2ccccc2)n1C.O=S(=O)([O-])C(F)(F)F.O=S(=O)([O-])C(F)(F)F.[Cu+].[Cu+]. The molecule has 0 amide bonds. The third kappa shape index (κ3) is 17.4. The van der Waals surface area contributed by atoms with Crippen LogP contribution >= 0.6 is 0 Å². The number of aromatic nitrogens is 10. The van der Waals surface area contributed by atoms with Gasteiger partial charge in [-0.05, 0) is 24.3 Å². The largest absolute Gasteiger partial charge is 1.00 e. The second-order valence-electron chi connectivity index (χ2n) is 18.0. The van der Waals surface area contributed by atoms with Gasteiger partial charge in [0.1, 0.15) is 0 Å². The topological polar surface area (TPSA) is 278 Å². The first-order valence-electron chi connectivity index (χ1n) is 25.6. The minimum absolute atomic E-state index is 0. The summed E-state index contributed by atoms with van der Waals surface area (Å²) in [6, 6.07) is 56.2. The monoisotopic (exact) mass is 1380 g/mol. The van der Waals surface area contributed by atoms with Gasteiger partial charge in [-0.3, -0.25) is 9.97 Å². The van der Waals surface area contributed by atoms with Gasteiger partial charge in [0.05, 0.1) is 46.3 Å². The molecular weight excluding hydrogens is 1320 g/mol. The quantitative estimate of drug-likeness (QED) is 0.0476. The summed E-state index contributed by atoms with van der Waals surface area (Å²) < 4.78 is 139. The maximum Gasteiger partial charge on any atom is 1.00 e. The number of rotatable bonds is 12. The average Bonchev–Trinajstić information content (AvgIpc) is 1.57. The Labute approximate surface area is 537 Å². The fourth-order valence-corrected chi connectivity index (χ4v) is 8.86. The Kier molecular flexibility index (Phi) is 27.9. The third-order valence-corrected chi connectivity index (χ3v) is 13.6. The average molecular weight is 1380 g/mol. The van der Waals surface area contributed by atoms with E-state index in [4.69, 9.17) is 55.9 Å². The molecule has 0 aliphatic heterocycles. The number of benzene rings is 4. The third-order valence-electron chi connectivity index (χ3n) is 12.5. The molecule has 0 unspecified atom stereocenters. The van der Waals surface area contributed by atoms with Gasteiger partial charge in [-0.15, -0.1) is 0 Å². The van der Waals surface area contributed by atoms with Crippen molar-refractivity contribution in [1.82, 2.24) is 48.2 Å². The number of hydrogen-bond donors (Lipinski definition) is 0. The summed E-state index contributed by atoms with van der Waals surface area (Å²) in [7, 11) is -0.852. The van der Waals surface area contributed by atoms with Gasteiger partial charge < -0.3 is 36.8 Å². The molecule has 10 rings (SSSR count). The van der Waals surface area contributed by atoms with Crippen LogP contribution in [-0.4, -0.2) is 99.3 Å². The van der Waals surface area contributed by atoms with Crippen molar-refractivity contribution in [2.75, 3.05) is 14.2 Å². The van der Waals surface area contributed by atoms with Gasteiger partial charge in [0.25, 0.3) is 0 Å². The normalized spacial score (nSPS) is 12.2. The Bertz CT molecular complexity index is 3890. The molecule has 2 atom stereocenters. The van der Waals surface area contributed by atoms with Gasteiger partial charge in [0, 0.05) is 116 Å². The minimum Gasteiger partial charge on any atom is -0.741 e. The van der Waals surface area contributed by atoms with E-state index in [1.165, 1.54) is 13.8 Å². The van der Waals surface area contributed by atoms with Gasteiger partial charge >= 0.3 is 45.2 Å². The van der Waals surface area contributed by atoms with Crippen molar-refractivity contribution >= 4 is 20.2 Å². The van der Waals surface area contributed by atoms with E-state index in [0.29, 0.717) is 34.7 Å². The van der Waals surface area contributed by atoms with Crippen molar-refractivity contribution in [1.29, 1.82) is 10.5 Å². The first-order valence-corrected chi connectivity index (χ1v) is 28.4. The zero-order valence-electron chi connectivity index (χ0n) is 48.8. The zero-order valence-corrected chi connectivity index (χ0v) is 52.3. The number of methoxy groups -OCH3 is 2. The Hall–Kier alpha value is -8.64. The molecule has 480 valence electrons. The number of nitriles is 2. The summed E-state index contributed by atoms with van der Waals surface area (Å²) in [5, 5.41) is 14.6. The molecule has 0 radical (unpaired) electrons. The molecule has 0 spiro atoms. The smallest absolute Gasteiger partial charge is 0.741 e. The van der Waals surface area contributed by atoms with E-state index >= 15 is 0 Å². The van der Waals surface area contributed by atoms with Crippen LogP contribution in [0.2, 0.25) is 0 Å². The predicted molar refractivity (Wildman–Crippen MR) is 311 cm³/mol. The van der Waals surface area contributed by atoms with Crippen molar-refractivity contribution in [2.45, 2.75) is 36.1 Å². The van der Waals surface area contributed by atoms with E-state index in [-0.39, 0.29) is 34.1 Å². The number of hydrogen-bond acceptors (Lipinski definition) is 16. The van der Waals surface area contributed by atoms with Gasteiger partial charge in [-0.1, -0.05) is 133 Å². The van der Waals surface area contributed by atoms with E-state index in [2.05, 4.69) is 77.6 Å². The molecule has 0 aliphatic carbocycles. The van der Waals surface area contributed by atoms with Crippen LogP contribution in [0.4, 0.5) is 26.3 Å². The molecule has 0 N–H and O–H groups in total. The van der Waals surface area contributed by atoms with Crippen molar-refractivity contribution < 1.29 is 95.9 Å². The second kappa shape index (κ2) is 33.3. The molecule has 0 bridgehead atoms. The fourth-order valence-electron chi connectivity index (χ4n) is 8.86. The van der Waals surface area contributed by atoms with E-state index in [9.17, 15) is 26.3 Å². The summed E-state index contributed by atoms with van der Waals surface area (Å²) in [6.45, 7) is 2.86. The number of alkyl halides is 6. The summed E-state index contributed by atoms with van der Waals surface area (Å²) in [6.07, 6.45) is 10.9. The van der Waals surface area contributed by atoms with E-state index in [1.54, 1.807) is 51.1 Å². The molecule has 6 heterocycles. The maximum atomic E-state index is 10.7. The molecule has 0 saturated heterocycles. The van der Waals surface area contributed by atoms with Crippen molar-refractivity contribution in [3.8, 4) is 57.2 Å². The molecule has 6 aromatic heterocycles. The number of aryl methyl sites for hydroxylation is 2. The van der Waals surface area contributed by atoms with Crippen LogP contribution in [0.15, 0.2) is 195 Å². The molecule has 10 aromatic rings. The van der Waals surface area contributed by atoms with Crippen LogP contribution in [0.5, 0.6) is 0 Å². The fraction of sp³-hybridized carbons (Fsp3) is 0.200. The summed E-state index contributed by atoms with van der Waals surface area (Å²) in [4.78, 5) is 29.2. The van der Waals surface area contributed by atoms with E-state index in [0.717, 1.165) is 45.0 Å². The molecular formula is C60H56Cu2F6N12O8S2. The molecule has 0 fully saturated rings. The number of imidazole rings is 4. The van der Waals surface area contributed by atoms with Crippen LogP contribution in [0.3, 0.4) is 0 Å². The Morgan fingerprint density at radius 1 is 0.433 bits per heavy atom. The first-order chi connectivity index (χ1) is 41.7. The molecule has 4 aromatic carbocycles. The van der Waals surface area contributed by atoms with Crippen molar-refractivity contribution in [3.05, 3.63) is 230 Å². The first kappa shape index (κ1) is 75.6. The van der Waals surface area contributed by atoms with Gasteiger partial charge in [-0.25, -0.2) is 36.8 Å². The Morgan fingerprint density at radius 3 is 0.900 bits per heavy atom. The zero-order chi connectivity index (χ0) is 65.1. The minimum atomic E-state index is -6.09. The van der Waals surface area contributed by atoms with Gasteiger partial charge in [0.15, 0.2) is 43.5 Å². The Morgan fingerprint density at radius 2 is 0.689 bits per heavy atom. The van der Waals surface area contributed by atoms with Crippen LogP contribution in [0.1, 0.15) is 48.5 Å². The van der Waals surface area contributed by atoms with E-state index < -0.39 is 42.5 Å². The Balaban J connectivity index is 0.000000348. The molecule has 90 heavy (non-hydrogen) atoms. The van der Waals surface area contributed by atoms with Gasteiger partial charge in [0.2, 0.25) is 11.2 Å². The molecule has 0 aliphatic rings. The van der Waals surface area contributed by atoms with Crippen LogP contribution < -0.4 is 0 Å². The number of pyridine rings is 2. The molecule has 0 saturated carbocycles. The van der Waals surface area contributed by atoms with Gasteiger partial charge in [-0.2, -0.15) is 36.9 Å². The number of ether oxygens (including phenoxy) is 2. The summed E-state index contributed by atoms with van der Waals surface area (Å²) in [5.74, 6) is 2.82. The van der Waals surface area contributed by atoms with Crippen molar-refractivity contribution in [3.63, 3.8) is 0 Å². The summed E-state index contributed by atoms with van der Waals surface area (Å²) in [5.41, 5.74) is -4.10. The molecule has 30 heteroatoms. The number of halogens is 6. The molecule has 20 nitrogen and oxygen atoms in total. The summed E-state index contributed by atoms with van der Waals surface area (Å²) >= 11 is 0. The van der Waals surface area contributed by atoms with Crippen LogP contribution in [0.25, 0.3) is 45.0 Å². The standard InChI is InChI=1S/2C27H25N5O.2C2H3N.2CHF3O3S.2Cu/c2*1-31-19-18-29-25(31)27(33-3,22-16-10-11-17-28-22)26-30-23(20-12-6-4-7-13-20)24(32(26)2)21-14-8-5-9-15-21;2*1-2-3;2*2-1(3,4)8(5,6)7;;/h2*4-19H,1-3H3;2*1H3;2*(H,5,6,7);;/q;;;;;;2*+1/p-2/t2*27-;;;;;;/m10....../s1. The second-order valence-corrected chi connectivity index (χ2v) is 20.8. The number of nitrogens with zero attached hydrogens (tertiary/aromatic N) is 12.